The summed E-state index contributed by atoms with van der Waals surface area (Å²) in [7, 11) is 0. The van der Waals surface area contributed by atoms with Crippen LogP contribution in [0.25, 0.3) is 0 Å². The summed E-state index contributed by atoms with van der Waals surface area (Å²) in [5.41, 5.74) is 1.34. The number of nitrogens with zero attached hydrogens (tertiary/aromatic N) is 2. The fourth-order valence-corrected chi connectivity index (χ4v) is 2.76. The monoisotopic (exact) mass is 232 g/mol. The van der Waals surface area contributed by atoms with Gasteiger partial charge in [-0.3, -0.25) is 9.88 Å². The normalized spacial score (nSPS) is 20.4. The van der Waals surface area contributed by atoms with Gasteiger partial charge in [0, 0.05) is 18.9 Å². The van der Waals surface area contributed by atoms with Crippen molar-refractivity contribution in [2.75, 3.05) is 13.1 Å². The molecule has 0 amide bonds. The van der Waals surface area contributed by atoms with E-state index in [4.69, 9.17) is 0 Å². The van der Waals surface area contributed by atoms with Crippen molar-refractivity contribution in [3.63, 3.8) is 0 Å². The number of pyridine rings is 1. The van der Waals surface area contributed by atoms with Gasteiger partial charge < -0.3 is 0 Å². The van der Waals surface area contributed by atoms with Gasteiger partial charge in [-0.05, 0) is 49.4 Å². The van der Waals surface area contributed by atoms with Crippen LogP contribution in [-0.4, -0.2) is 23.0 Å². The van der Waals surface area contributed by atoms with Crippen LogP contribution < -0.4 is 0 Å². The van der Waals surface area contributed by atoms with Crippen LogP contribution in [0.15, 0.2) is 24.5 Å². The predicted molar refractivity (Wildman–Crippen MR) is 71.7 cm³/mol. The molecule has 0 radical (unpaired) electrons. The molecule has 1 unspecified atom stereocenters. The highest BCUT2D eigenvalue weighted by atomic mass is 15.1. The molecule has 1 fully saturated rings. The molecule has 2 heterocycles. The first-order chi connectivity index (χ1) is 8.29. The number of hydrogen-bond donors (Lipinski definition) is 0. The lowest BCUT2D eigenvalue weighted by Crippen LogP contribution is -2.35. The second kappa shape index (κ2) is 6.15. The van der Waals surface area contributed by atoms with Gasteiger partial charge in [-0.1, -0.05) is 26.3 Å². The Kier molecular flexibility index (Phi) is 4.55. The Bertz CT molecular complexity index is 315. The van der Waals surface area contributed by atoms with Crippen molar-refractivity contribution in [2.24, 2.45) is 11.8 Å². The van der Waals surface area contributed by atoms with Crippen molar-refractivity contribution < 1.29 is 0 Å². The molecule has 1 aromatic rings. The van der Waals surface area contributed by atoms with Gasteiger partial charge in [-0.15, -0.1) is 0 Å². The zero-order valence-electron chi connectivity index (χ0n) is 11.1. The number of piperidine rings is 1. The Morgan fingerprint density at radius 3 is 2.76 bits per heavy atom. The quantitative estimate of drug-likeness (QED) is 0.791. The molecule has 2 rings (SSSR count). The summed E-state index contributed by atoms with van der Waals surface area (Å²) >= 11 is 0. The number of aromatic nitrogens is 1. The van der Waals surface area contributed by atoms with Crippen LogP contribution in [0.3, 0.4) is 0 Å². The summed E-state index contributed by atoms with van der Waals surface area (Å²) in [6.07, 6.45) is 7.90. The molecule has 2 heteroatoms. The maximum absolute atomic E-state index is 4.18. The van der Waals surface area contributed by atoms with Gasteiger partial charge in [0.15, 0.2) is 0 Å². The van der Waals surface area contributed by atoms with Crippen LogP contribution in [0.2, 0.25) is 0 Å². The van der Waals surface area contributed by atoms with E-state index in [2.05, 4.69) is 29.8 Å². The Morgan fingerprint density at radius 2 is 2.18 bits per heavy atom. The van der Waals surface area contributed by atoms with E-state index in [9.17, 15) is 0 Å². The van der Waals surface area contributed by atoms with E-state index in [-0.39, 0.29) is 0 Å². The maximum atomic E-state index is 4.18. The van der Waals surface area contributed by atoms with Crippen LogP contribution in [0.4, 0.5) is 0 Å². The molecule has 17 heavy (non-hydrogen) atoms. The molecule has 0 aliphatic carbocycles. The molecule has 0 saturated carbocycles. The second-order valence-electron chi connectivity index (χ2n) is 5.36. The zero-order chi connectivity index (χ0) is 12.1. The van der Waals surface area contributed by atoms with Crippen LogP contribution >= 0.6 is 0 Å². The minimum Gasteiger partial charge on any atom is -0.299 e. The smallest absolute Gasteiger partial charge is 0.0312 e. The fourth-order valence-electron chi connectivity index (χ4n) is 2.76. The molecule has 94 valence electrons. The molecule has 1 aliphatic rings. The van der Waals surface area contributed by atoms with E-state index in [0.717, 1.165) is 18.4 Å². The predicted octanol–water partition coefficient (Wildman–Crippen LogP) is 3.34. The molecule has 0 N–H and O–H groups in total. The van der Waals surface area contributed by atoms with E-state index in [1.807, 2.05) is 18.5 Å². The summed E-state index contributed by atoms with van der Waals surface area (Å²) in [4.78, 5) is 6.75. The van der Waals surface area contributed by atoms with Crippen molar-refractivity contribution in [2.45, 2.75) is 39.7 Å². The molecule has 2 nitrogen and oxygen atoms in total. The maximum Gasteiger partial charge on any atom is 0.0312 e. The molecular weight excluding hydrogens is 208 g/mol. The molecular formula is C15H24N2. The first-order valence-electron chi connectivity index (χ1n) is 6.91. The third kappa shape index (κ3) is 3.53. The molecule has 1 saturated heterocycles. The molecule has 0 spiro atoms. The number of rotatable bonds is 4. The lowest BCUT2D eigenvalue weighted by atomic mass is 9.84. The minimum absolute atomic E-state index is 0.899. The van der Waals surface area contributed by atoms with Gasteiger partial charge in [0.2, 0.25) is 0 Å². The summed E-state index contributed by atoms with van der Waals surface area (Å²) < 4.78 is 0. The Morgan fingerprint density at radius 1 is 1.41 bits per heavy atom. The van der Waals surface area contributed by atoms with Gasteiger partial charge in [-0.2, -0.15) is 0 Å². The second-order valence-corrected chi connectivity index (χ2v) is 5.36. The van der Waals surface area contributed by atoms with Crippen molar-refractivity contribution in [1.82, 2.24) is 9.88 Å². The fraction of sp³-hybridized carbons (Fsp3) is 0.667. The highest BCUT2D eigenvalue weighted by molar-refractivity contribution is 5.08. The summed E-state index contributed by atoms with van der Waals surface area (Å²) in [5, 5.41) is 0. The van der Waals surface area contributed by atoms with Gasteiger partial charge >= 0.3 is 0 Å². The first-order valence-corrected chi connectivity index (χ1v) is 6.91. The van der Waals surface area contributed by atoms with Crippen molar-refractivity contribution in [3.05, 3.63) is 30.1 Å². The molecule has 0 bridgehead atoms. The van der Waals surface area contributed by atoms with Crippen molar-refractivity contribution in [1.29, 1.82) is 0 Å². The van der Waals surface area contributed by atoms with E-state index in [0.29, 0.717) is 0 Å². The minimum atomic E-state index is 0.899. The Labute approximate surface area is 105 Å². The third-order valence-corrected chi connectivity index (χ3v) is 4.21. The van der Waals surface area contributed by atoms with E-state index >= 15 is 0 Å². The van der Waals surface area contributed by atoms with Crippen LogP contribution in [0.5, 0.6) is 0 Å². The number of hydrogen-bond acceptors (Lipinski definition) is 2. The summed E-state index contributed by atoms with van der Waals surface area (Å²) in [6, 6.07) is 4.20. The molecule has 0 aromatic carbocycles. The van der Waals surface area contributed by atoms with Gasteiger partial charge in [0.05, 0.1) is 0 Å². The van der Waals surface area contributed by atoms with Gasteiger partial charge in [0.25, 0.3) is 0 Å². The average molecular weight is 232 g/mol. The third-order valence-electron chi connectivity index (χ3n) is 4.21. The highest BCUT2D eigenvalue weighted by Crippen LogP contribution is 2.27. The summed E-state index contributed by atoms with van der Waals surface area (Å²) in [5.74, 6) is 1.85. The van der Waals surface area contributed by atoms with Gasteiger partial charge in [-0.25, -0.2) is 0 Å². The van der Waals surface area contributed by atoms with Crippen LogP contribution in [0.1, 0.15) is 38.7 Å². The standard InChI is InChI=1S/C15H24N2/c1-3-13(2)15-6-9-17(10-7-15)12-14-5-4-8-16-11-14/h4-5,8,11,13,15H,3,6-7,9-10,12H2,1-2H3. The lowest BCUT2D eigenvalue weighted by molar-refractivity contribution is 0.145. The SMILES string of the molecule is CCC(C)C1CCN(Cc2cccnc2)CC1. The van der Waals surface area contributed by atoms with Gasteiger partial charge in [0.1, 0.15) is 0 Å². The van der Waals surface area contributed by atoms with E-state index in [1.54, 1.807) is 0 Å². The van der Waals surface area contributed by atoms with Crippen LogP contribution in [-0.2, 0) is 6.54 Å². The molecule has 1 atom stereocenters. The van der Waals surface area contributed by atoms with E-state index < -0.39 is 0 Å². The topological polar surface area (TPSA) is 16.1 Å². The van der Waals surface area contributed by atoms with Crippen molar-refractivity contribution >= 4 is 0 Å². The zero-order valence-corrected chi connectivity index (χ0v) is 11.1. The van der Waals surface area contributed by atoms with Crippen LogP contribution in [0, 0.1) is 11.8 Å². The lowest BCUT2D eigenvalue weighted by Gasteiger charge is -2.34. The average Bonchev–Trinajstić information content (AvgIpc) is 2.40. The van der Waals surface area contributed by atoms with E-state index in [1.165, 1.54) is 37.9 Å². The van der Waals surface area contributed by atoms with Crippen molar-refractivity contribution in [3.8, 4) is 0 Å². The largest absolute Gasteiger partial charge is 0.299 e. The Balaban J connectivity index is 1.80. The highest BCUT2D eigenvalue weighted by Gasteiger charge is 2.22. The number of likely N-dealkylation sites (tertiary alicyclic amines) is 1. The summed E-state index contributed by atoms with van der Waals surface area (Å²) in [6.45, 7) is 8.29. The first kappa shape index (κ1) is 12.6. The Hall–Kier alpha value is -0.890. The molecule has 1 aliphatic heterocycles. The molecule has 1 aromatic heterocycles.